The number of H-pyrrole nitrogens is 1. The number of hydrogen-bond acceptors (Lipinski definition) is 8. The number of aromatic nitrogens is 6. The van der Waals surface area contributed by atoms with E-state index in [1.165, 1.54) is 30.9 Å². The Morgan fingerprint density at radius 3 is 2.87 bits per heavy atom. The van der Waals surface area contributed by atoms with Crippen molar-refractivity contribution < 1.29 is 4.39 Å². The summed E-state index contributed by atoms with van der Waals surface area (Å²) in [5, 5.41) is 3.30. The summed E-state index contributed by atoms with van der Waals surface area (Å²) in [5.74, 6) is 6.17. The highest BCUT2D eigenvalue weighted by molar-refractivity contribution is 5.77. The average Bonchev–Trinajstić information content (AvgIpc) is 2.74. The standard InChI is InChI=1S/C20H15FN8O/c1-11(18-28-16-5-2-12(21)8-15(16)20(30)29-18)27-19-14(17(22)25-10-26-19)4-3-13-9-23-6-7-24-13/h2,5-11H,1H3,(H,28,29,30)(H3,22,25,26,27). The summed E-state index contributed by atoms with van der Waals surface area (Å²) in [4.78, 5) is 35.6. The van der Waals surface area contributed by atoms with E-state index < -0.39 is 17.4 Å². The van der Waals surface area contributed by atoms with E-state index in [1.54, 1.807) is 13.1 Å². The number of nitrogen functional groups attached to an aromatic ring is 1. The number of anilines is 2. The third kappa shape index (κ3) is 3.90. The summed E-state index contributed by atoms with van der Waals surface area (Å²) in [6.07, 6.45) is 5.90. The second-order valence-electron chi connectivity index (χ2n) is 6.30. The van der Waals surface area contributed by atoms with Crippen molar-refractivity contribution in [1.82, 2.24) is 29.9 Å². The molecule has 0 spiro atoms. The highest BCUT2D eigenvalue weighted by Crippen LogP contribution is 2.21. The maximum absolute atomic E-state index is 13.4. The number of halogens is 1. The summed E-state index contributed by atoms with van der Waals surface area (Å²) in [7, 11) is 0. The van der Waals surface area contributed by atoms with Crippen molar-refractivity contribution >= 4 is 22.5 Å². The van der Waals surface area contributed by atoms with Crippen molar-refractivity contribution in [3.8, 4) is 11.8 Å². The van der Waals surface area contributed by atoms with Gasteiger partial charge in [0.1, 0.15) is 40.9 Å². The van der Waals surface area contributed by atoms with Crippen molar-refractivity contribution in [2.75, 3.05) is 11.1 Å². The Bertz CT molecular complexity index is 1340. The van der Waals surface area contributed by atoms with Crippen LogP contribution in [0.1, 0.15) is 30.0 Å². The summed E-state index contributed by atoms with van der Waals surface area (Å²) < 4.78 is 13.4. The van der Waals surface area contributed by atoms with Gasteiger partial charge in [-0.3, -0.25) is 9.78 Å². The first kappa shape index (κ1) is 18.9. The maximum Gasteiger partial charge on any atom is 0.258 e. The largest absolute Gasteiger partial charge is 0.382 e. The lowest BCUT2D eigenvalue weighted by Gasteiger charge is -2.15. The molecule has 3 aromatic heterocycles. The molecule has 0 bridgehead atoms. The molecule has 148 valence electrons. The molecule has 0 radical (unpaired) electrons. The molecule has 3 heterocycles. The first-order valence-corrected chi connectivity index (χ1v) is 8.86. The Balaban J connectivity index is 1.67. The van der Waals surface area contributed by atoms with E-state index in [-0.39, 0.29) is 11.2 Å². The lowest BCUT2D eigenvalue weighted by molar-refractivity contribution is 0.629. The Morgan fingerprint density at radius 1 is 1.20 bits per heavy atom. The van der Waals surface area contributed by atoms with Gasteiger partial charge in [-0.2, -0.15) is 0 Å². The maximum atomic E-state index is 13.4. The van der Waals surface area contributed by atoms with Crippen molar-refractivity contribution in [3.05, 3.63) is 76.4 Å². The zero-order valence-corrected chi connectivity index (χ0v) is 15.7. The highest BCUT2D eigenvalue weighted by atomic mass is 19.1. The molecule has 4 aromatic rings. The van der Waals surface area contributed by atoms with E-state index >= 15 is 0 Å². The average molecular weight is 402 g/mol. The molecule has 0 amide bonds. The molecule has 9 nitrogen and oxygen atoms in total. The van der Waals surface area contributed by atoms with Gasteiger partial charge in [0.25, 0.3) is 5.56 Å². The molecule has 0 saturated heterocycles. The fraction of sp³-hybridized carbons (Fsp3) is 0.100. The monoisotopic (exact) mass is 402 g/mol. The lowest BCUT2D eigenvalue weighted by Crippen LogP contribution is -2.19. The van der Waals surface area contributed by atoms with Crippen molar-refractivity contribution in [2.45, 2.75) is 13.0 Å². The van der Waals surface area contributed by atoms with Crippen LogP contribution in [0.3, 0.4) is 0 Å². The number of rotatable bonds is 3. The van der Waals surface area contributed by atoms with Gasteiger partial charge in [-0.15, -0.1) is 0 Å². The topological polar surface area (TPSA) is 135 Å². The molecule has 10 heteroatoms. The summed E-state index contributed by atoms with van der Waals surface area (Å²) in [5.41, 5.74) is 6.76. The normalized spacial score (nSPS) is 11.5. The zero-order valence-electron chi connectivity index (χ0n) is 15.7. The van der Waals surface area contributed by atoms with Gasteiger partial charge in [0, 0.05) is 12.4 Å². The minimum atomic E-state index is -0.503. The highest BCUT2D eigenvalue weighted by Gasteiger charge is 2.15. The van der Waals surface area contributed by atoms with Crippen LogP contribution in [0, 0.1) is 17.7 Å². The quantitative estimate of drug-likeness (QED) is 0.442. The van der Waals surface area contributed by atoms with Gasteiger partial charge in [0.2, 0.25) is 0 Å². The number of fused-ring (bicyclic) bond motifs is 1. The smallest absolute Gasteiger partial charge is 0.258 e. The minimum Gasteiger partial charge on any atom is -0.382 e. The first-order chi connectivity index (χ1) is 14.5. The minimum absolute atomic E-state index is 0.174. The van der Waals surface area contributed by atoms with Crippen LogP contribution >= 0.6 is 0 Å². The second kappa shape index (κ2) is 7.92. The number of nitrogens with two attached hydrogens (primary N) is 1. The van der Waals surface area contributed by atoms with Gasteiger partial charge in [-0.25, -0.2) is 24.3 Å². The molecule has 4 rings (SSSR count). The number of hydrogen-bond donors (Lipinski definition) is 3. The second-order valence-corrected chi connectivity index (χ2v) is 6.30. The number of nitrogens with zero attached hydrogens (tertiary/aromatic N) is 5. The fourth-order valence-corrected chi connectivity index (χ4v) is 2.73. The molecule has 4 N–H and O–H groups in total. The Labute approximate surface area is 169 Å². The molecule has 0 aliphatic heterocycles. The van der Waals surface area contributed by atoms with Gasteiger partial charge in [-0.1, -0.05) is 5.92 Å². The third-order valence-corrected chi connectivity index (χ3v) is 4.20. The first-order valence-electron chi connectivity index (χ1n) is 8.86. The van der Waals surface area contributed by atoms with E-state index in [9.17, 15) is 9.18 Å². The lowest BCUT2D eigenvalue weighted by atomic mass is 10.2. The van der Waals surface area contributed by atoms with E-state index in [0.29, 0.717) is 28.4 Å². The van der Waals surface area contributed by atoms with Crippen LogP contribution in [0.5, 0.6) is 0 Å². The van der Waals surface area contributed by atoms with Crippen LogP contribution in [0.15, 0.2) is 47.9 Å². The van der Waals surface area contributed by atoms with Gasteiger partial charge >= 0.3 is 0 Å². The summed E-state index contributed by atoms with van der Waals surface area (Å²) in [6.45, 7) is 1.78. The molecule has 1 unspecified atom stereocenters. The SMILES string of the molecule is CC(Nc1ncnc(N)c1C#Cc1cnccn1)c1nc2ccc(F)cc2c(=O)[nH]1. The Hall–Kier alpha value is -4.39. The predicted octanol–water partition coefficient (Wildman–Crippen LogP) is 1.80. The van der Waals surface area contributed by atoms with E-state index in [0.717, 1.165) is 6.07 Å². The third-order valence-electron chi connectivity index (χ3n) is 4.20. The van der Waals surface area contributed by atoms with Gasteiger partial charge < -0.3 is 16.0 Å². The molecule has 0 aliphatic carbocycles. The van der Waals surface area contributed by atoms with Crippen LogP contribution < -0.4 is 16.6 Å². The van der Waals surface area contributed by atoms with Crippen LogP contribution in [-0.2, 0) is 0 Å². The molecule has 0 aliphatic rings. The van der Waals surface area contributed by atoms with E-state index in [1.807, 2.05) is 0 Å². The van der Waals surface area contributed by atoms with E-state index in [2.05, 4.69) is 47.1 Å². The van der Waals surface area contributed by atoms with Gasteiger partial charge in [-0.05, 0) is 31.0 Å². The molecule has 1 atom stereocenters. The van der Waals surface area contributed by atoms with Crippen LogP contribution in [-0.4, -0.2) is 29.9 Å². The molecule has 0 fully saturated rings. The Kier molecular flexibility index (Phi) is 5.00. The van der Waals surface area contributed by atoms with Gasteiger partial charge in [0.05, 0.1) is 23.1 Å². The molecule has 30 heavy (non-hydrogen) atoms. The van der Waals surface area contributed by atoms with E-state index in [4.69, 9.17) is 5.73 Å². The number of benzene rings is 1. The fourth-order valence-electron chi connectivity index (χ4n) is 2.73. The molecule has 1 aromatic carbocycles. The van der Waals surface area contributed by atoms with Crippen LogP contribution in [0.2, 0.25) is 0 Å². The van der Waals surface area contributed by atoms with Crippen LogP contribution in [0.4, 0.5) is 16.0 Å². The summed E-state index contributed by atoms with van der Waals surface area (Å²) in [6, 6.07) is 3.39. The Morgan fingerprint density at radius 2 is 2.07 bits per heavy atom. The summed E-state index contributed by atoms with van der Waals surface area (Å²) >= 11 is 0. The van der Waals surface area contributed by atoms with Crippen LogP contribution in [0.25, 0.3) is 10.9 Å². The van der Waals surface area contributed by atoms with Gasteiger partial charge in [0.15, 0.2) is 0 Å². The molecular weight excluding hydrogens is 387 g/mol. The molecule has 0 saturated carbocycles. The predicted molar refractivity (Wildman–Crippen MR) is 109 cm³/mol. The number of aromatic amines is 1. The number of nitrogens with one attached hydrogen (secondary N) is 2. The molecular formula is C20H15FN8O. The van der Waals surface area contributed by atoms with Crippen molar-refractivity contribution in [1.29, 1.82) is 0 Å². The van der Waals surface area contributed by atoms with Crippen molar-refractivity contribution in [3.63, 3.8) is 0 Å². The van der Waals surface area contributed by atoms with Crippen molar-refractivity contribution in [2.24, 2.45) is 0 Å². The zero-order chi connectivity index (χ0) is 21.1.